The molecule has 2 aliphatic heterocycles. The molecule has 7 nitrogen and oxygen atoms in total. The summed E-state index contributed by atoms with van der Waals surface area (Å²) in [5.41, 5.74) is 0. The van der Waals surface area contributed by atoms with E-state index in [1.54, 1.807) is 7.11 Å². The van der Waals surface area contributed by atoms with Crippen molar-refractivity contribution >= 4 is 41.3 Å². The molecular weight excluding hydrogens is 515 g/mol. The molecule has 2 aliphatic rings. The lowest BCUT2D eigenvalue weighted by Gasteiger charge is -2.37. The molecule has 1 N–H and O–H groups in total. The molecule has 0 bridgehead atoms. The van der Waals surface area contributed by atoms with Crippen LogP contribution in [0.15, 0.2) is 22.5 Å². The van der Waals surface area contributed by atoms with Gasteiger partial charge in [0.25, 0.3) is 0 Å². The minimum Gasteiger partial charge on any atom is -0.385 e. The van der Waals surface area contributed by atoms with Gasteiger partial charge in [-0.3, -0.25) is 9.89 Å². The number of halogens is 1. The van der Waals surface area contributed by atoms with Crippen LogP contribution in [0, 0.1) is 0 Å². The van der Waals surface area contributed by atoms with Gasteiger partial charge in [-0.15, -0.1) is 35.3 Å². The number of methoxy groups -OCH3 is 1. The highest BCUT2D eigenvalue weighted by molar-refractivity contribution is 14.0. The monoisotopic (exact) mass is 552 g/mol. The van der Waals surface area contributed by atoms with E-state index in [1.165, 1.54) is 4.88 Å². The Kier molecular flexibility index (Phi) is 12.5. The molecule has 0 aliphatic carbocycles. The van der Waals surface area contributed by atoms with Crippen molar-refractivity contribution in [2.45, 2.75) is 31.4 Å². The molecule has 1 atom stereocenters. The molecule has 3 rings (SSSR count). The van der Waals surface area contributed by atoms with Gasteiger partial charge in [-0.25, -0.2) is 0 Å². The third kappa shape index (κ3) is 7.90. The van der Waals surface area contributed by atoms with Gasteiger partial charge in [-0.2, -0.15) is 0 Å². The maximum absolute atomic E-state index is 5.99. The number of guanidine groups is 1. The zero-order valence-corrected chi connectivity index (χ0v) is 21.4. The fraction of sp³-hybridized carbons (Fsp3) is 0.762. The van der Waals surface area contributed by atoms with Gasteiger partial charge in [0.1, 0.15) is 0 Å². The number of rotatable bonds is 9. The maximum Gasteiger partial charge on any atom is 0.193 e. The molecule has 0 radical (unpaired) electrons. The molecule has 0 saturated carbocycles. The second kappa shape index (κ2) is 14.6. The van der Waals surface area contributed by atoms with E-state index in [1.807, 2.05) is 18.4 Å². The van der Waals surface area contributed by atoms with Crippen LogP contribution in [0.1, 0.15) is 30.2 Å². The summed E-state index contributed by atoms with van der Waals surface area (Å²) < 4.78 is 16.6. The van der Waals surface area contributed by atoms with Crippen LogP contribution in [0.2, 0.25) is 0 Å². The summed E-state index contributed by atoms with van der Waals surface area (Å²) in [6.45, 7) is 7.97. The van der Waals surface area contributed by atoms with Crippen LogP contribution in [0.3, 0.4) is 0 Å². The number of likely N-dealkylation sites (tertiary alicyclic amines) is 1. The molecule has 0 aromatic carbocycles. The minimum atomic E-state index is 0. The van der Waals surface area contributed by atoms with Crippen molar-refractivity contribution in [3.8, 4) is 0 Å². The summed E-state index contributed by atoms with van der Waals surface area (Å²) >= 11 is 1.83. The summed E-state index contributed by atoms with van der Waals surface area (Å²) in [5, 5.41) is 5.80. The molecule has 1 unspecified atom stereocenters. The van der Waals surface area contributed by atoms with E-state index in [9.17, 15) is 0 Å². The summed E-state index contributed by atoms with van der Waals surface area (Å²) in [5.74, 6) is 0.998. The van der Waals surface area contributed by atoms with Gasteiger partial charge in [0.2, 0.25) is 0 Å². The smallest absolute Gasteiger partial charge is 0.193 e. The van der Waals surface area contributed by atoms with Crippen molar-refractivity contribution in [2.75, 3.05) is 73.3 Å². The Morgan fingerprint density at radius 2 is 2.03 bits per heavy atom. The van der Waals surface area contributed by atoms with Gasteiger partial charge >= 0.3 is 0 Å². The van der Waals surface area contributed by atoms with E-state index in [4.69, 9.17) is 14.2 Å². The lowest BCUT2D eigenvalue weighted by molar-refractivity contribution is 0.00934. The number of hydrogen-bond acceptors (Lipinski definition) is 6. The third-order valence-corrected chi connectivity index (χ3v) is 6.58. The van der Waals surface area contributed by atoms with E-state index in [0.717, 1.165) is 84.4 Å². The molecule has 0 amide bonds. The first-order chi connectivity index (χ1) is 14.3. The van der Waals surface area contributed by atoms with Crippen LogP contribution in [0.25, 0.3) is 0 Å². The fourth-order valence-corrected chi connectivity index (χ4v) is 4.85. The van der Waals surface area contributed by atoms with E-state index in [0.29, 0.717) is 12.1 Å². The van der Waals surface area contributed by atoms with Gasteiger partial charge in [0.05, 0.1) is 25.4 Å². The van der Waals surface area contributed by atoms with Gasteiger partial charge in [0, 0.05) is 65.0 Å². The topological polar surface area (TPSA) is 58.6 Å². The first-order valence-electron chi connectivity index (χ1n) is 10.7. The van der Waals surface area contributed by atoms with Crippen LogP contribution in [-0.2, 0) is 14.2 Å². The van der Waals surface area contributed by atoms with Crippen molar-refractivity contribution in [2.24, 2.45) is 4.99 Å². The molecule has 2 fully saturated rings. The number of morpholine rings is 1. The summed E-state index contributed by atoms with van der Waals surface area (Å²) in [6.07, 6.45) is 3.41. The Morgan fingerprint density at radius 3 is 2.67 bits per heavy atom. The van der Waals surface area contributed by atoms with Crippen LogP contribution >= 0.6 is 35.3 Å². The molecule has 9 heteroatoms. The van der Waals surface area contributed by atoms with Gasteiger partial charge < -0.3 is 24.4 Å². The largest absolute Gasteiger partial charge is 0.385 e. The quantitative estimate of drug-likeness (QED) is 0.220. The minimum absolute atomic E-state index is 0. The predicted octanol–water partition coefficient (Wildman–Crippen LogP) is 2.83. The third-order valence-electron chi connectivity index (χ3n) is 5.61. The van der Waals surface area contributed by atoms with Crippen molar-refractivity contribution in [3.63, 3.8) is 0 Å². The molecule has 3 heterocycles. The lowest BCUT2D eigenvalue weighted by atomic mass is 10.1. The molecule has 172 valence electrons. The summed E-state index contributed by atoms with van der Waals surface area (Å²) in [7, 11) is 3.61. The SMILES string of the molecule is CN=C(NCC(c1cccs1)N1CCOCC1)N1CCC(OCCCOC)CC1.I. The van der Waals surface area contributed by atoms with Crippen LogP contribution in [0.4, 0.5) is 0 Å². The second-order valence-corrected chi connectivity index (χ2v) is 8.49. The zero-order chi connectivity index (χ0) is 20.3. The number of hydrogen-bond donors (Lipinski definition) is 1. The van der Waals surface area contributed by atoms with Crippen molar-refractivity contribution < 1.29 is 14.2 Å². The number of aliphatic imine (C=N–C) groups is 1. The Hall–Kier alpha value is -0.460. The normalized spacial score (nSPS) is 20.1. The number of piperidine rings is 1. The Morgan fingerprint density at radius 1 is 1.27 bits per heavy atom. The van der Waals surface area contributed by atoms with Gasteiger partial charge in [-0.05, 0) is 30.7 Å². The molecule has 30 heavy (non-hydrogen) atoms. The van der Waals surface area contributed by atoms with Crippen LogP contribution in [0.5, 0.6) is 0 Å². The Balaban J connectivity index is 0.00000320. The molecule has 2 saturated heterocycles. The first-order valence-corrected chi connectivity index (χ1v) is 11.6. The lowest BCUT2D eigenvalue weighted by Crippen LogP contribution is -2.50. The zero-order valence-electron chi connectivity index (χ0n) is 18.3. The van der Waals surface area contributed by atoms with Gasteiger partial charge in [-0.1, -0.05) is 6.07 Å². The molecular formula is C21H37IN4O3S. The summed E-state index contributed by atoms with van der Waals surface area (Å²) in [6, 6.07) is 4.73. The second-order valence-electron chi connectivity index (χ2n) is 7.51. The number of nitrogens with zero attached hydrogens (tertiary/aromatic N) is 3. The molecule has 1 aromatic rings. The Labute approximate surface area is 202 Å². The number of ether oxygens (including phenoxy) is 3. The number of thiophene rings is 1. The van der Waals surface area contributed by atoms with E-state index in [-0.39, 0.29) is 24.0 Å². The summed E-state index contributed by atoms with van der Waals surface area (Å²) in [4.78, 5) is 10.8. The average molecular weight is 553 g/mol. The highest BCUT2D eigenvalue weighted by atomic mass is 127. The van der Waals surface area contributed by atoms with Crippen LogP contribution in [-0.4, -0.2) is 95.2 Å². The van der Waals surface area contributed by atoms with Crippen molar-refractivity contribution in [3.05, 3.63) is 22.4 Å². The van der Waals surface area contributed by atoms with Crippen molar-refractivity contribution in [1.29, 1.82) is 0 Å². The standard InChI is InChI=1S/C21H36N4O3S.HI/c1-22-21(25-8-6-18(7-9-25)28-13-4-12-26-2)23-17-19(20-5-3-16-29-20)24-10-14-27-15-11-24;/h3,5,16,18-19H,4,6-15,17H2,1-2H3,(H,22,23);1H. The predicted molar refractivity (Wildman–Crippen MR) is 133 cm³/mol. The first kappa shape index (κ1) is 25.8. The molecule has 1 aromatic heterocycles. The molecule has 0 spiro atoms. The van der Waals surface area contributed by atoms with Crippen molar-refractivity contribution in [1.82, 2.24) is 15.1 Å². The number of nitrogens with one attached hydrogen (secondary N) is 1. The maximum atomic E-state index is 5.99. The van der Waals surface area contributed by atoms with E-state index < -0.39 is 0 Å². The Bertz CT molecular complexity index is 591. The van der Waals surface area contributed by atoms with E-state index in [2.05, 4.69) is 37.6 Å². The van der Waals surface area contributed by atoms with Gasteiger partial charge in [0.15, 0.2) is 5.96 Å². The highest BCUT2D eigenvalue weighted by Gasteiger charge is 2.26. The highest BCUT2D eigenvalue weighted by Crippen LogP contribution is 2.25. The van der Waals surface area contributed by atoms with E-state index >= 15 is 0 Å². The van der Waals surface area contributed by atoms with Crippen LogP contribution < -0.4 is 5.32 Å². The average Bonchev–Trinajstić information content (AvgIpc) is 3.30. The fourth-order valence-electron chi connectivity index (χ4n) is 3.99.